The minimum Gasteiger partial charge on any atom is -0.292 e. The van der Waals surface area contributed by atoms with Gasteiger partial charge in [0.2, 0.25) is 0 Å². The monoisotopic (exact) mass is 256 g/mol. The molecule has 0 amide bonds. The average Bonchev–Trinajstić information content (AvgIpc) is 2.33. The zero-order valence-corrected chi connectivity index (χ0v) is 12.4. The first-order chi connectivity index (χ1) is 9.06. The summed E-state index contributed by atoms with van der Waals surface area (Å²) in [5.41, 5.74) is 1.12. The van der Waals surface area contributed by atoms with Crippen molar-refractivity contribution in [3.63, 3.8) is 0 Å². The van der Waals surface area contributed by atoms with Crippen molar-refractivity contribution >= 4 is 12.4 Å². The van der Waals surface area contributed by atoms with Gasteiger partial charge in [-0.2, -0.15) is 0 Å². The van der Waals surface area contributed by atoms with E-state index in [0.29, 0.717) is 5.92 Å². The number of hydrogen-bond acceptors (Lipinski definition) is 2. The predicted octanol–water partition coefficient (Wildman–Crippen LogP) is 4.38. The third-order valence-electron chi connectivity index (χ3n) is 2.88. The Morgan fingerprint density at radius 1 is 1.47 bits per heavy atom. The standard InChI is InChI=1S/C17H24N2/c1-5-7-15(2)12-18-11-10-17(4)9-6-8-16(3)13-19-14-17/h5-12,14-15H,13H2,1-4H3/b7-5-,9-6-,11-10+,16-8+,18-12?,19-14?/t15-,17?/m0/s1. The van der Waals surface area contributed by atoms with E-state index < -0.39 is 0 Å². The second kappa shape index (κ2) is 7.67. The first-order valence-corrected chi connectivity index (χ1v) is 6.75. The van der Waals surface area contributed by atoms with Gasteiger partial charge in [0.15, 0.2) is 0 Å². The summed E-state index contributed by atoms with van der Waals surface area (Å²) in [6, 6.07) is 0. The van der Waals surface area contributed by atoms with Gasteiger partial charge in [0.05, 0.1) is 6.54 Å². The highest BCUT2D eigenvalue weighted by molar-refractivity contribution is 5.72. The number of hydrogen-bond donors (Lipinski definition) is 0. The van der Waals surface area contributed by atoms with Crippen LogP contribution >= 0.6 is 0 Å². The molecular weight excluding hydrogens is 232 g/mol. The van der Waals surface area contributed by atoms with Crippen molar-refractivity contribution in [3.05, 3.63) is 48.2 Å². The van der Waals surface area contributed by atoms with Crippen molar-refractivity contribution in [2.75, 3.05) is 6.54 Å². The van der Waals surface area contributed by atoms with Gasteiger partial charge in [-0.25, -0.2) is 0 Å². The Hall–Kier alpha value is -1.70. The first-order valence-electron chi connectivity index (χ1n) is 6.75. The zero-order chi connectivity index (χ0) is 14.1. The van der Waals surface area contributed by atoms with Crippen LogP contribution in [0.5, 0.6) is 0 Å². The van der Waals surface area contributed by atoms with Gasteiger partial charge in [-0.3, -0.25) is 9.98 Å². The van der Waals surface area contributed by atoms with Crippen LogP contribution in [0.15, 0.2) is 58.2 Å². The molecule has 2 heteroatoms. The topological polar surface area (TPSA) is 24.7 Å². The maximum atomic E-state index is 4.45. The summed E-state index contributed by atoms with van der Waals surface area (Å²) in [7, 11) is 0. The summed E-state index contributed by atoms with van der Waals surface area (Å²) in [5.74, 6) is 0.370. The van der Waals surface area contributed by atoms with Gasteiger partial charge in [-0.15, -0.1) is 0 Å². The number of nitrogens with zero attached hydrogens (tertiary/aromatic N) is 2. The van der Waals surface area contributed by atoms with Crippen LogP contribution in [0.2, 0.25) is 0 Å². The van der Waals surface area contributed by atoms with E-state index in [1.807, 2.05) is 31.6 Å². The lowest BCUT2D eigenvalue weighted by Crippen LogP contribution is -2.12. The highest BCUT2D eigenvalue weighted by atomic mass is 14.7. The Balaban J connectivity index is 2.69. The molecule has 0 radical (unpaired) electrons. The Morgan fingerprint density at radius 3 is 3.00 bits per heavy atom. The van der Waals surface area contributed by atoms with Crippen molar-refractivity contribution in [1.82, 2.24) is 0 Å². The first kappa shape index (κ1) is 15.4. The number of aliphatic imine (C=N–C) groups is 2. The molecule has 0 N–H and O–H groups in total. The van der Waals surface area contributed by atoms with E-state index in [0.717, 1.165) is 6.54 Å². The van der Waals surface area contributed by atoms with E-state index in [9.17, 15) is 0 Å². The van der Waals surface area contributed by atoms with Crippen molar-refractivity contribution in [3.8, 4) is 0 Å². The lowest BCUT2D eigenvalue weighted by molar-refractivity contribution is 0.781. The molecule has 1 unspecified atom stereocenters. The Morgan fingerprint density at radius 2 is 2.26 bits per heavy atom. The molecule has 19 heavy (non-hydrogen) atoms. The summed E-state index contributed by atoms with van der Waals surface area (Å²) in [6.45, 7) is 9.13. The summed E-state index contributed by atoms with van der Waals surface area (Å²) < 4.78 is 0. The molecule has 2 atom stereocenters. The fraction of sp³-hybridized carbons (Fsp3) is 0.412. The van der Waals surface area contributed by atoms with Gasteiger partial charge in [-0.05, 0) is 20.8 Å². The lowest BCUT2D eigenvalue weighted by atomic mass is 9.91. The molecule has 0 spiro atoms. The quantitative estimate of drug-likeness (QED) is 0.527. The highest BCUT2D eigenvalue weighted by Crippen LogP contribution is 2.19. The van der Waals surface area contributed by atoms with Crippen LogP contribution in [0.1, 0.15) is 27.7 Å². The molecule has 0 fully saturated rings. The maximum Gasteiger partial charge on any atom is 0.0596 e. The van der Waals surface area contributed by atoms with E-state index in [1.165, 1.54) is 5.57 Å². The van der Waals surface area contributed by atoms with Crippen molar-refractivity contribution < 1.29 is 0 Å². The molecule has 0 aromatic rings. The van der Waals surface area contributed by atoms with Crippen LogP contribution in [0.25, 0.3) is 0 Å². The molecule has 0 aliphatic carbocycles. The summed E-state index contributed by atoms with van der Waals surface area (Å²) >= 11 is 0. The fourth-order valence-electron chi connectivity index (χ4n) is 1.74. The summed E-state index contributed by atoms with van der Waals surface area (Å²) in [6.07, 6.45) is 18.4. The van der Waals surface area contributed by atoms with Gasteiger partial charge in [0.25, 0.3) is 0 Å². The molecule has 0 saturated carbocycles. The Bertz CT molecular complexity index is 450. The molecule has 0 aromatic heterocycles. The maximum absolute atomic E-state index is 4.45. The van der Waals surface area contributed by atoms with Crippen molar-refractivity contribution in [1.29, 1.82) is 0 Å². The molecule has 2 nitrogen and oxygen atoms in total. The average molecular weight is 256 g/mol. The van der Waals surface area contributed by atoms with Crippen molar-refractivity contribution in [2.45, 2.75) is 27.7 Å². The van der Waals surface area contributed by atoms with Crippen LogP contribution in [-0.2, 0) is 0 Å². The summed E-state index contributed by atoms with van der Waals surface area (Å²) in [5, 5.41) is 0. The molecular formula is C17H24N2. The molecule has 1 aliphatic rings. The van der Waals surface area contributed by atoms with E-state index in [1.54, 1.807) is 0 Å². The second-order valence-electron chi connectivity index (χ2n) is 5.21. The van der Waals surface area contributed by atoms with Crippen LogP contribution in [0.3, 0.4) is 0 Å². The minimum absolute atomic E-state index is 0.154. The van der Waals surface area contributed by atoms with Gasteiger partial charge < -0.3 is 0 Å². The van der Waals surface area contributed by atoms with E-state index in [-0.39, 0.29) is 5.41 Å². The highest BCUT2D eigenvalue weighted by Gasteiger charge is 2.14. The Kier molecular flexibility index (Phi) is 6.20. The van der Waals surface area contributed by atoms with Gasteiger partial charge in [-0.1, -0.05) is 49.0 Å². The van der Waals surface area contributed by atoms with Crippen molar-refractivity contribution in [2.24, 2.45) is 21.3 Å². The van der Waals surface area contributed by atoms with E-state index >= 15 is 0 Å². The fourth-order valence-corrected chi connectivity index (χ4v) is 1.74. The third-order valence-corrected chi connectivity index (χ3v) is 2.88. The SMILES string of the molecule is C/C=C\[C@H](C)C=N/C=C/C1(C)C=NC/C(C)=C/C=C\1. The van der Waals surface area contributed by atoms with E-state index in [4.69, 9.17) is 0 Å². The van der Waals surface area contributed by atoms with Gasteiger partial charge in [0, 0.05) is 30.0 Å². The normalized spacial score (nSPS) is 30.4. The smallest absolute Gasteiger partial charge is 0.0596 e. The number of rotatable bonds is 4. The molecule has 0 saturated heterocycles. The molecule has 0 bridgehead atoms. The molecule has 0 aromatic carbocycles. The minimum atomic E-state index is -0.154. The van der Waals surface area contributed by atoms with Crippen LogP contribution < -0.4 is 0 Å². The summed E-state index contributed by atoms with van der Waals surface area (Å²) in [4.78, 5) is 8.78. The molecule has 1 aliphatic heterocycles. The molecule has 102 valence electrons. The van der Waals surface area contributed by atoms with Crippen LogP contribution in [-0.4, -0.2) is 19.0 Å². The second-order valence-corrected chi connectivity index (χ2v) is 5.21. The zero-order valence-electron chi connectivity index (χ0n) is 12.4. The molecule has 1 rings (SSSR count). The predicted molar refractivity (Wildman–Crippen MR) is 86.0 cm³/mol. The van der Waals surface area contributed by atoms with Gasteiger partial charge >= 0.3 is 0 Å². The Labute approximate surface area is 117 Å². The third kappa shape index (κ3) is 6.14. The largest absolute Gasteiger partial charge is 0.292 e. The number of allylic oxidation sites excluding steroid dienone is 6. The van der Waals surface area contributed by atoms with Crippen LogP contribution in [0, 0.1) is 11.3 Å². The molecule has 1 heterocycles. The van der Waals surface area contributed by atoms with E-state index in [2.05, 4.69) is 61.1 Å². The lowest BCUT2D eigenvalue weighted by Gasteiger charge is -2.16. The van der Waals surface area contributed by atoms with Crippen LogP contribution in [0.4, 0.5) is 0 Å². The van der Waals surface area contributed by atoms with Gasteiger partial charge in [0.1, 0.15) is 0 Å².